The second-order valence-electron chi connectivity index (χ2n) is 5.33. The van der Waals surface area contributed by atoms with Gasteiger partial charge < -0.3 is 20.1 Å². The Balaban J connectivity index is 2.41. The molecule has 0 aromatic heterocycles. The number of amides is 2. The third kappa shape index (κ3) is 4.89. The molecule has 0 fully saturated rings. The quantitative estimate of drug-likeness (QED) is 0.753. The lowest BCUT2D eigenvalue weighted by Gasteiger charge is -2.17. The molecule has 0 heterocycles. The summed E-state index contributed by atoms with van der Waals surface area (Å²) in [6.07, 6.45) is 0. The van der Waals surface area contributed by atoms with Gasteiger partial charge in [-0.3, -0.25) is 9.59 Å². The van der Waals surface area contributed by atoms with Gasteiger partial charge >= 0.3 is 0 Å². The molecule has 0 unspecified atom stereocenters. The second kappa shape index (κ2) is 9.10. The van der Waals surface area contributed by atoms with E-state index >= 15 is 0 Å². The number of anilines is 2. The first kappa shape index (κ1) is 19.6. The lowest BCUT2D eigenvalue weighted by molar-refractivity contribution is -0.114. The molecule has 0 bridgehead atoms. The number of hydrogen-bond donors (Lipinski definition) is 2. The number of nitrogens with one attached hydrogen (secondary N) is 2. The van der Waals surface area contributed by atoms with Crippen LogP contribution in [0.5, 0.6) is 11.5 Å². The van der Waals surface area contributed by atoms with Crippen LogP contribution >= 0.6 is 11.6 Å². The first-order valence-electron chi connectivity index (χ1n) is 8.23. The predicted molar refractivity (Wildman–Crippen MR) is 102 cm³/mol. The van der Waals surface area contributed by atoms with E-state index in [-0.39, 0.29) is 11.8 Å². The van der Waals surface area contributed by atoms with E-state index < -0.39 is 0 Å². The van der Waals surface area contributed by atoms with Crippen LogP contribution < -0.4 is 20.1 Å². The molecule has 2 aromatic rings. The van der Waals surface area contributed by atoms with E-state index in [9.17, 15) is 9.59 Å². The van der Waals surface area contributed by atoms with E-state index in [1.54, 1.807) is 36.4 Å². The molecule has 0 radical (unpaired) electrons. The minimum atomic E-state index is -0.369. The molecule has 0 saturated carbocycles. The Morgan fingerprint density at radius 1 is 0.962 bits per heavy atom. The molecule has 2 aromatic carbocycles. The van der Waals surface area contributed by atoms with Crippen LogP contribution in [-0.4, -0.2) is 25.0 Å². The highest BCUT2D eigenvalue weighted by molar-refractivity contribution is 6.34. The zero-order chi connectivity index (χ0) is 19.1. The highest BCUT2D eigenvalue weighted by Gasteiger charge is 2.17. The smallest absolute Gasteiger partial charge is 0.257 e. The predicted octanol–water partition coefficient (Wildman–Crippen LogP) is 4.35. The van der Waals surface area contributed by atoms with E-state index in [0.717, 1.165) is 0 Å². The molecule has 0 aliphatic heterocycles. The van der Waals surface area contributed by atoms with Gasteiger partial charge in [-0.2, -0.15) is 0 Å². The lowest BCUT2D eigenvalue weighted by atomic mass is 10.2. The summed E-state index contributed by atoms with van der Waals surface area (Å²) in [6.45, 7) is 5.86. The van der Waals surface area contributed by atoms with E-state index in [1.165, 1.54) is 6.92 Å². The van der Waals surface area contributed by atoms with Gasteiger partial charge in [0.2, 0.25) is 5.91 Å². The van der Waals surface area contributed by atoms with Gasteiger partial charge in [-0.05, 0) is 26.0 Å². The van der Waals surface area contributed by atoms with Crippen LogP contribution in [0, 0.1) is 0 Å². The SMILES string of the molecule is CCOc1cc(NC(=O)c2ccccc2Cl)c(OCC)cc1NC(C)=O. The van der Waals surface area contributed by atoms with E-state index in [0.29, 0.717) is 46.7 Å². The number of halogens is 1. The molecule has 0 aliphatic carbocycles. The van der Waals surface area contributed by atoms with Crippen molar-refractivity contribution in [2.24, 2.45) is 0 Å². The van der Waals surface area contributed by atoms with E-state index in [2.05, 4.69) is 10.6 Å². The van der Waals surface area contributed by atoms with E-state index in [4.69, 9.17) is 21.1 Å². The molecule has 6 nitrogen and oxygen atoms in total. The average Bonchev–Trinajstić information content (AvgIpc) is 2.58. The van der Waals surface area contributed by atoms with Crippen LogP contribution in [0.15, 0.2) is 36.4 Å². The summed E-state index contributed by atoms with van der Waals surface area (Å²) < 4.78 is 11.2. The van der Waals surface area contributed by atoms with Crippen LogP contribution in [0.2, 0.25) is 5.02 Å². The van der Waals surface area contributed by atoms with Gasteiger partial charge in [0.25, 0.3) is 5.91 Å². The summed E-state index contributed by atoms with van der Waals surface area (Å²) in [6, 6.07) is 10.0. The Labute approximate surface area is 157 Å². The summed E-state index contributed by atoms with van der Waals surface area (Å²) in [5.41, 5.74) is 1.24. The molecule has 0 atom stereocenters. The molecular weight excluding hydrogens is 356 g/mol. The highest BCUT2D eigenvalue weighted by Crippen LogP contribution is 2.37. The number of hydrogen-bond acceptors (Lipinski definition) is 4. The number of ether oxygens (including phenoxy) is 2. The molecule has 0 spiro atoms. The van der Waals surface area contributed by atoms with Crippen molar-refractivity contribution in [1.82, 2.24) is 0 Å². The number of benzene rings is 2. The van der Waals surface area contributed by atoms with Crippen LogP contribution in [0.25, 0.3) is 0 Å². The normalized spacial score (nSPS) is 10.2. The average molecular weight is 377 g/mol. The summed E-state index contributed by atoms with van der Waals surface area (Å²) in [4.78, 5) is 24.0. The number of rotatable bonds is 7. The topological polar surface area (TPSA) is 76.7 Å². The van der Waals surface area contributed by atoms with E-state index in [1.807, 2.05) is 13.8 Å². The maximum absolute atomic E-state index is 12.6. The molecule has 138 valence electrons. The fourth-order valence-corrected chi connectivity index (χ4v) is 2.55. The Morgan fingerprint density at radius 3 is 2.00 bits per heavy atom. The monoisotopic (exact) mass is 376 g/mol. The number of carbonyl (C=O) groups excluding carboxylic acids is 2. The highest BCUT2D eigenvalue weighted by atomic mass is 35.5. The Morgan fingerprint density at radius 2 is 1.50 bits per heavy atom. The fraction of sp³-hybridized carbons (Fsp3) is 0.263. The number of carbonyl (C=O) groups is 2. The van der Waals surface area contributed by atoms with Crippen molar-refractivity contribution in [1.29, 1.82) is 0 Å². The zero-order valence-corrected chi connectivity index (χ0v) is 15.6. The first-order chi connectivity index (χ1) is 12.5. The third-order valence-electron chi connectivity index (χ3n) is 3.36. The molecular formula is C19H21ClN2O4. The lowest BCUT2D eigenvalue weighted by Crippen LogP contribution is -2.15. The van der Waals surface area contributed by atoms with Crippen molar-refractivity contribution in [3.63, 3.8) is 0 Å². The standard InChI is InChI=1S/C19H21ClN2O4/c1-4-25-17-11-16(18(26-5-2)10-15(17)21-12(3)23)22-19(24)13-8-6-7-9-14(13)20/h6-11H,4-5H2,1-3H3,(H,21,23)(H,22,24). The Hall–Kier alpha value is -2.73. The minimum Gasteiger partial charge on any atom is -0.492 e. The van der Waals surface area contributed by atoms with Gasteiger partial charge in [-0.1, -0.05) is 23.7 Å². The van der Waals surface area contributed by atoms with Crippen LogP contribution in [0.3, 0.4) is 0 Å². The van der Waals surface area contributed by atoms with Gasteiger partial charge in [0.05, 0.1) is 35.2 Å². The fourth-order valence-electron chi connectivity index (χ4n) is 2.33. The van der Waals surface area contributed by atoms with Crippen molar-refractivity contribution >= 4 is 34.8 Å². The van der Waals surface area contributed by atoms with Crippen molar-refractivity contribution in [2.45, 2.75) is 20.8 Å². The van der Waals surface area contributed by atoms with Gasteiger partial charge in [-0.25, -0.2) is 0 Å². The summed E-state index contributed by atoms with van der Waals surface area (Å²) in [5.74, 6) is 0.244. The molecule has 2 amide bonds. The third-order valence-corrected chi connectivity index (χ3v) is 3.69. The molecule has 7 heteroatoms. The van der Waals surface area contributed by atoms with Gasteiger partial charge in [0.15, 0.2) is 0 Å². The Bertz CT molecular complexity index is 808. The van der Waals surface area contributed by atoms with Crippen LogP contribution in [-0.2, 0) is 4.79 Å². The summed E-state index contributed by atoms with van der Waals surface area (Å²) in [7, 11) is 0. The van der Waals surface area contributed by atoms with Crippen LogP contribution in [0.1, 0.15) is 31.1 Å². The summed E-state index contributed by atoms with van der Waals surface area (Å²) >= 11 is 6.09. The largest absolute Gasteiger partial charge is 0.492 e. The minimum absolute atomic E-state index is 0.235. The molecule has 2 N–H and O–H groups in total. The van der Waals surface area contributed by atoms with Crippen molar-refractivity contribution in [3.8, 4) is 11.5 Å². The molecule has 0 aliphatic rings. The molecule has 2 rings (SSSR count). The van der Waals surface area contributed by atoms with Crippen molar-refractivity contribution < 1.29 is 19.1 Å². The van der Waals surface area contributed by atoms with Gasteiger partial charge in [0, 0.05) is 19.1 Å². The maximum atomic E-state index is 12.6. The van der Waals surface area contributed by atoms with Gasteiger partial charge in [0.1, 0.15) is 11.5 Å². The first-order valence-corrected chi connectivity index (χ1v) is 8.61. The maximum Gasteiger partial charge on any atom is 0.257 e. The Kier molecular flexibility index (Phi) is 6.86. The van der Waals surface area contributed by atoms with Crippen molar-refractivity contribution in [2.75, 3.05) is 23.8 Å². The zero-order valence-electron chi connectivity index (χ0n) is 14.9. The van der Waals surface area contributed by atoms with Crippen LogP contribution in [0.4, 0.5) is 11.4 Å². The van der Waals surface area contributed by atoms with Crippen molar-refractivity contribution in [3.05, 3.63) is 47.0 Å². The summed E-state index contributed by atoms with van der Waals surface area (Å²) in [5, 5.41) is 5.84. The van der Waals surface area contributed by atoms with Gasteiger partial charge in [-0.15, -0.1) is 0 Å². The second-order valence-corrected chi connectivity index (χ2v) is 5.73. The molecule has 0 saturated heterocycles. The molecule has 26 heavy (non-hydrogen) atoms.